The molecule has 0 aliphatic rings. The Morgan fingerprint density at radius 3 is 2.52 bits per heavy atom. The summed E-state index contributed by atoms with van der Waals surface area (Å²) in [5, 5.41) is 0.796. The second-order valence-corrected chi connectivity index (χ2v) is 7.36. The van der Waals surface area contributed by atoms with Gasteiger partial charge in [-0.25, -0.2) is 4.98 Å². The van der Waals surface area contributed by atoms with Gasteiger partial charge in [-0.3, -0.25) is 9.78 Å². The number of rotatable bonds is 3. The Morgan fingerprint density at radius 2 is 1.80 bits per heavy atom. The van der Waals surface area contributed by atoms with Crippen LogP contribution in [0.2, 0.25) is 0 Å². The van der Waals surface area contributed by atoms with Crippen LogP contribution < -0.4 is 5.73 Å². The molecule has 0 atom stereocenters. The molecule has 4 aromatic rings. The Morgan fingerprint density at radius 1 is 1.00 bits per heavy atom. The van der Waals surface area contributed by atoms with Crippen LogP contribution in [0.5, 0.6) is 0 Å². The van der Waals surface area contributed by atoms with Crippen molar-refractivity contribution >= 4 is 49.0 Å². The lowest BCUT2D eigenvalue weighted by atomic mass is 10.1. The molecule has 0 spiro atoms. The van der Waals surface area contributed by atoms with Gasteiger partial charge in [0.1, 0.15) is 9.71 Å². The molecule has 6 heteroatoms. The third-order valence-corrected chi connectivity index (χ3v) is 5.48. The molecule has 0 saturated heterocycles. The second kappa shape index (κ2) is 6.38. The summed E-state index contributed by atoms with van der Waals surface area (Å²) in [6, 6.07) is 16.7. The van der Waals surface area contributed by atoms with Gasteiger partial charge in [-0.15, -0.1) is 11.3 Å². The van der Waals surface area contributed by atoms with Crippen molar-refractivity contribution in [2.45, 2.75) is 0 Å². The fourth-order valence-electron chi connectivity index (χ4n) is 2.56. The molecule has 2 N–H and O–H groups in total. The SMILES string of the molecule is Nc1c(C(=O)c2ccc(Br)cc2)sc2nc(-c3ccccn3)ccc12. The van der Waals surface area contributed by atoms with Crippen LogP contribution in [-0.2, 0) is 0 Å². The number of pyridine rings is 2. The minimum Gasteiger partial charge on any atom is -0.397 e. The van der Waals surface area contributed by atoms with Gasteiger partial charge in [-0.1, -0.05) is 22.0 Å². The van der Waals surface area contributed by atoms with Crippen molar-refractivity contribution in [2.24, 2.45) is 0 Å². The van der Waals surface area contributed by atoms with Crippen molar-refractivity contribution in [1.29, 1.82) is 0 Å². The van der Waals surface area contributed by atoms with Crippen molar-refractivity contribution in [1.82, 2.24) is 9.97 Å². The lowest BCUT2D eigenvalue weighted by Crippen LogP contribution is -2.01. The lowest BCUT2D eigenvalue weighted by Gasteiger charge is -2.00. The molecule has 0 fully saturated rings. The van der Waals surface area contributed by atoms with Gasteiger partial charge in [-0.2, -0.15) is 0 Å². The van der Waals surface area contributed by atoms with Crippen LogP contribution in [0, 0.1) is 0 Å². The number of carbonyl (C=O) groups excluding carboxylic acids is 1. The summed E-state index contributed by atoms with van der Waals surface area (Å²) >= 11 is 4.69. The van der Waals surface area contributed by atoms with E-state index in [0.717, 1.165) is 26.1 Å². The quantitative estimate of drug-likeness (QED) is 0.486. The Kier molecular flexibility index (Phi) is 4.07. The Balaban J connectivity index is 1.79. The predicted molar refractivity (Wildman–Crippen MR) is 105 cm³/mol. The fourth-order valence-corrected chi connectivity index (χ4v) is 3.88. The van der Waals surface area contributed by atoms with Crippen molar-refractivity contribution in [2.75, 3.05) is 5.73 Å². The summed E-state index contributed by atoms with van der Waals surface area (Å²) in [5.74, 6) is -0.0904. The molecule has 3 heterocycles. The molecule has 0 aliphatic carbocycles. The van der Waals surface area contributed by atoms with Crippen LogP contribution in [0.15, 0.2) is 65.3 Å². The normalized spacial score (nSPS) is 10.9. The van der Waals surface area contributed by atoms with Gasteiger partial charge in [0.25, 0.3) is 0 Å². The smallest absolute Gasteiger partial charge is 0.205 e. The summed E-state index contributed by atoms with van der Waals surface area (Å²) in [5.41, 5.74) is 8.85. The van der Waals surface area contributed by atoms with Crippen LogP contribution in [0.4, 0.5) is 5.69 Å². The third-order valence-electron chi connectivity index (χ3n) is 3.83. The largest absolute Gasteiger partial charge is 0.397 e. The van der Waals surface area contributed by atoms with Gasteiger partial charge in [0.2, 0.25) is 5.78 Å². The zero-order valence-corrected chi connectivity index (χ0v) is 15.3. The maximum Gasteiger partial charge on any atom is 0.205 e. The van der Waals surface area contributed by atoms with E-state index in [9.17, 15) is 4.79 Å². The Hall–Kier alpha value is -2.57. The Bertz CT molecular complexity index is 1080. The maximum absolute atomic E-state index is 12.8. The monoisotopic (exact) mass is 409 g/mol. The number of aromatic nitrogens is 2. The number of nitrogen functional groups attached to an aromatic ring is 1. The Labute approximate surface area is 156 Å². The molecule has 0 radical (unpaired) electrons. The summed E-state index contributed by atoms with van der Waals surface area (Å²) in [7, 11) is 0. The minimum absolute atomic E-state index is 0.0904. The number of hydrogen-bond acceptors (Lipinski definition) is 5. The molecule has 122 valence electrons. The van der Waals surface area contributed by atoms with Gasteiger partial charge in [0, 0.05) is 21.6 Å². The zero-order valence-electron chi connectivity index (χ0n) is 12.9. The minimum atomic E-state index is -0.0904. The number of benzene rings is 1. The van der Waals surface area contributed by atoms with Crippen LogP contribution in [0.3, 0.4) is 0 Å². The standard InChI is InChI=1S/C19H12BrN3OS/c20-12-6-4-11(5-7-12)17(24)18-16(21)13-8-9-15(23-19(13)25-18)14-3-1-2-10-22-14/h1-10H,21H2. The van der Waals surface area contributed by atoms with Gasteiger partial charge >= 0.3 is 0 Å². The predicted octanol–water partition coefficient (Wildman–Crippen LogP) is 4.93. The number of ketones is 1. The fraction of sp³-hybridized carbons (Fsp3) is 0. The van der Waals surface area contributed by atoms with Crippen LogP contribution in [0.1, 0.15) is 15.2 Å². The van der Waals surface area contributed by atoms with E-state index in [2.05, 4.69) is 25.9 Å². The molecule has 0 amide bonds. The first kappa shape index (κ1) is 15.9. The molecule has 0 aliphatic heterocycles. The highest BCUT2D eigenvalue weighted by molar-refractivity contribution is 9.10. The van der Waals surface area contributed by atoms with Gasteiger partial charge in [0.05, 0.1) is 17.1 Å². The number of nitrogens with zero attached hydrogens (tertiary/aromatic N) is 2. The molecule has 4 nitrogen and oxygen atoms in total. The average molecular weight is 410 g/mol. The van der Waals surface area contributed by atoms with Gasteiger partial charge in [-0.05, 0) is 48.5 Å². The first-order valence-electron chi connectivity index (χ1n) is 7.54. The molecule has 4 rings (SSSR count). The van der Waals surface area contributed by atoms with Crippen molar-refractivity contribution in [3.63, 3.8) is 0 Å². The summed E-state index contributed by atoms with van der Waals surface area (Å²) in [4.78, 5) is 23.0. The topological polar surface area (TPSA) is 68.9 Å². The molecule has 0 bridgehead atoms. The van der Waals surface area contributed by atoms with Crippen LogP contribution in [0.25, 0.3) is 21.6 Å². The van der Waals surface area contributed by atoms with E-state index in [4.69, 9.17) is 5.73 Å². The van der Waals surface area contributed by atoms with E-state index in [1.165, 1.54) is 11.3 Å². The summed E-state index contributed by atoms with van der Waals surface area (Å²) in [6.45, 7) is 0. The highest BCUT2D eigenvalue weighted by Crippen LogP contribution is 2.35. The highest BCUT2D eigenvalue weighted by atomic mass is 79.9. The van der Waals surface area contributed by atoms with Crippen LogP contribution >= 0.6 is 27.3 Å². The van der Waals surface area contributed by atoms with E-state index in [1.807, 2.05) is 42.5 Å². The number of halogens is 1. The maximum atomic E-state index is 12.8. The van der Waals surface area contributed by atoms with Crippen molar-refractivity contribution in [3.05, 3.63) is 75.7 Å². The first-order chi connectivity index (χ1) is 12.1. The lowest BCUT2D eigenvalue weighted by molar-refractivity contribution is 0.104. The van der Waals surface area contributed by atoms with E-state index >= 15 is 0 Å². The molecule has 0 saturated carbocycles. The average Bonchev–Trinajstić information content (AvgIpc) is 2.98. The molecular weight excluding hydrogens is 398 g/mol. The van der Waals surface area contributed by atoms with E-state index in [-0.39, 0.29) is 5.78 Å². The van der Waals surface area contributed by atoms with E-state index < -0.39 is 0 Å². The highest BCUT2D eigenvalue weighted by Gasteiger charge is 2.19. The molecule has 25 heavy (non-hydrogen) atoms. The first-order valence-corrected chi connectivity index (χ1v) is 9.15. The summed E-state index contributed by atoms with van der Waals surface area (Å²) in [6.07, 6.45) is 1.73. The number of anilines is 1. The third kappa shape index (κ3) is 2.94. The molecule has 3 aromatic heterocycles. The van der Waals surface area contributed by atoms with E-state index in [1.54, 1.807) is 18.3 Å². The number of thiophene rings is 1. The van der Waals surface area contributed by atoms with Crippen LogP contribution in [-0.4, -0.2) is 15.8 Å². The number of nitrogens with two attached hydrogens (primary N) is 1. The van der Waals surface area contributed by atoms with Crippen molar-refractivity contribution in [3.8, 4) is 11.4 Å². The molecule has 0 unspecified atom stereocenters. The van der Waals surface area contributed by atoms with Crippen molar-refractivity contribution < 1.29 is 4.79 Å². The number of carbonyl (C=O) groups is 1. The number of fused-ring (bicyclic) bond motifs is 1. The molecule has 1 aromatic carbocycles. The number of hydrogen-bond donors (Lipinski definition) is 1. The summed E-state index contributed by atoms with van der Waals surface area (Å²) < 4.78 is 0.926. The molecular formula is C19H12BrN3OS. The van der Waals surface area contributed by atoms with Gasteiger partial charge in [0.15, 0.2) is 0 Å². The zero-order chi connectivity index (χ0) is 17.4. The van der Waals surface area contributed by atoms with E-state index in [0.29, 0.717) is 16.1 Å². The second-order valence-electron chi connectivity index (χ2n) is 5.45. The van der Waals surface area contributed by atoms with Gasteiger partial charge < -0.3 is 5.73 Å².